The first kappa shape index (κ1) is 18.3. The van der Waals surface area contributed by atoms with Gasteiger partial charge in [-0.15, -0.1) is 0 Å². The van der Waals surface area contributed by atoms with Crippen molar-refractivity contribution in [2.45, 2.75) is 4.90 Å². The molecule has 5 N–H and O–H groups in total. The van der Waals surface area contributed by atoms with Gasteiger partial charge >= 0.3 is 0 Å². The molecule has 9 nitrogen and oxygen atoms in total. The number of hydrazone groups is 1. The summed E-state index contributed by atoms with van der Waals surface area (Å²) in [5, 5.41) is 8.97. The van der Waals surface area contributed by atoms with Crippen molar-refractivity contribution in [2.75, 3.05) is 31.7 Å². The van der Waals surface area contributed by atoms with E-state index in [4.69, 9.17) is 27.8 Å². The van der Waals surface area contributed by atoms with Gasteiger partial charge in [0.15, 0.2) is 5.71 Å². The predicted octanol–water partition coefficient (Wildman–Crippen LogP) is -0.753. The van der Waals surface area contributed by atoms with Gasteiger partial charge in [-0.3, -0.25) is 10.2 Å². The van der Waals surface area contributed by atoms with Crippen LogP contribution in [0.15, 0.2) is 34.3 Å². The molecule has 1 heterocycles. The van der Waals surface area contributed by atoms with Gasteiger partial charge in [0.1, 0.15) is 4.99 Å². The largest absolute Gasteiger partial charge is 0.388 e. The highest BCUT2D eigenvalue weighted by molar-refractivity contribution is 7.89. The molecular weight excluding hydrogens is 354 g/mol. The van der Waals surface area contributed by atoms with Crippen molar-refractivity contribution in [3.63, 3.8) is 0 Å². The van der Waals surface area contributed by atoms with Crippen LogP contribution in [0, 0.1) is 0 Å². The van der Waals surface area contributed by atoms with Crippen LogP contribution in [0.5, 0.6) is 0 Å². The van der Waals surface area contributed by atoms with Crippen LogP contribution in [-0.2, 0) is 19.6 Å². The average molecular weight is 371 g/mol. The first-order valence-corrected chi connectivity index (χ1v) is 8.88. The summed E-state index contributed by atoms with van der Waals surface area (Å²) in [7, 11) is -3.77. The third kappa shape index (κ3) is 4.71. The number of sulfonamides is 1. The molecule has 1 saturated heterocycles. The molecule has 0 unspecified atom stereocenters. The Morgan fingerprint density at radius 2 is 1.83 bits per heavy atom. The Bertz CT molecular complexity index is 755. The van der Waals surface area contributed by atoms with E-state index in [2.05, 4.69) is 10.5 Å². The van der Waals surface area contributed by atoms with E-state index in [1.807, 2.05) is 0 Å². The van der Waals surface area contributed by atoms with Crippen molar-refractivity contribution in [3.8, 4) is 0 Å². The van der Waals surface area contributed by atoms with E-state index in [0.717, 1.165) is 0 Å². The highest BCUT2D eigenvalue weighted by Gasteiger charge is 2.24. The molecule has 0 aromatic heterocycles. The number of benzene rings is 1. The SMILES string of the molecule is NC(=S)/C(=N\Nc1ccc(S(N)(=O)=O)cc1)C(=O)N1CCOCC1. The number of carbonyl (C=O) groups excluding carboxylic acids is 1. The van der Waals surface area contributed by atoms with Gasteiger partial charge in [-0.25, -0.2) is 13.6 Å². The van der Waals surface area contributed by atoms with Crippen molar-refractivity contribution < 1.29 is 17.9 Å². The van der Waals surface area contributed by atoms with Crippen LogP contribution < -0.4 is 16.3 Å². The summed E-state index contributed by atoms with van der Waals surface area (Å²) in [5.41, 5.74) is 8.58. The second kappa shape index (κ2) is 7.66. The molecule has 2 rings (SSSR count). The number of rotatable bonds is 5. The van der Waals surface area contributed by atoms with Gasteiger partial charge < -0.3 is 15.4 Å². The topological polar surface area (TPSA) is 140 Å². The molecule has 0 saturated carbocycles. The number of carbonyl (C=O) groups is 1. The van der Waals surface area contributed by atoms with E-state index < -0.39 is 10.0 Å². The molecule has 24 heavy (non-hydrogen) atoms. The molecule has 11 heteroatoms. The highest BCUT2D eigenvalue weighted by Crippen LogP contribution is 2.12. The minimum atomic E-state index is -3.77. The zero-order valence-electron chi connectivity index (χ0n) is 12.6. The number of primary sulfonamides is 1. The summed E-state index contributed by atoms with van der Waals surface area (Å²) in [5.74, 6) is -0.389. The minimum absolute atomic E-state index is 0.0315. The number of hydrogen-bond donors (Lipinski definition) is 3. The predicted molar refractivity (Wildman–Crippen MR) is 93.1 cm³/mol. The first-order valence-electron chi connectivity index (χ1n) is 6.92. The second-order valence-electron chi connectivity index (χ2n) is 4.91. The minimum Gasteiger partial charge on any atom is -0.388 e. The van der Waals surface area contributed by atoms with Gasteiger partial charge in [0, 0.05) is 13.1 Å². The zero-order chi connectivity index (χ0) is 17.7. The number of ether oxygens (including phenoxy) is 1. The summed E-state index contributed by atoms with van der Waals surface area (Å²) >= 11 is 4.88. The van der Waals surface area contributed by atoms with Gasteiger partial charge in [-0.2, -0.15) is 5.10 Å². The van der Waals surface area contributed by atoms with E-state index in [1.165, 1.54) is 24.3 Å². The normalized spacial score (nSPS) is 15.9. The average Bonchev–Trinajstić information content (AvgIpc) is 2.55. The number of nitrogens with one attached hydrogen (secondary N) is 1. The molecule has 0 radical (unpaired) electrons. The van der Waals surface area contributed by atoms with E-state index in [1.54, 1.807) is 4.90 Å². The Morgan fingerprint density at radius 1 is 1.25 bits per heavy atom. The fourth-order valence-corrected chi connectivity index (χ4v) is 2.61. The lowest BCUT2D eigenvalue weighted by molar-refractivity contribution is -0.127. The van der Waals surface area contributed by atoms with Crippen LogP contribution in [0.4, 0.5) is 5.69 Å². The molecule has 1 aromatic carbocycles. The van der Waals surface area contributed by atoms with Gasteiger partial charge in [0.25, 0.3) is 5.91 Å². The lowest BCUT2D eigenvalue weighted by atomic mass is 10.3. The van der Waals surface area contributed by atoms with Crippen molar-refractivity contribution >= 4 is 44.5 Å². The molecule has 1 fully saturated rings. The Hall–Kier alpha value is -2.08. The van der Waals surface area contributed by atoms with Gasteiger partial charge in [0.2, 0.25) is 10.0 Å². The summed E-state index contributed by atoms with van der Waals surface area (Å²) in [6, 6.07) is 5.55. The van der Waals surface area contributed by atoms with E-state index >= 15 is 0 Å². The number of hydrogen-bond acceptors (Lipinski definition) is 7. The van der Waals surface area contributed by atoms with Crippen LogP contribution >= 0.6 is 12.2 Å². The van der Waals surface area contributed by atoms with Crippen molar-refractivity contribution in [1.82, 2.24) is 4.90 Å². The van der Waals surface area contributed by atoms with Crippen LogP contribution in [0.3, 0.4) is 0 Å². The lowest BCUT2D eigenvalue weighted by Crippen LogP contribution is -2.47. The Kier molecular flexibility index (Phi) is 5.83. The standard InChI is InChI=1S/C13H17N5O4S2/c14-12(23)11(13(19)18-5-7-22-8-6-18)17-16-9-1-3-10(4-2-9)24(15,20)21/h1-4,16H,5-8H2,(H2,14,23)(H2,15,20,21)/b17-11+. The Labute approximate surface area is 144 Å². The smallest absolute Gasteiger partial charge is 0.277 e. The highest BCUT2D eigenvalue weighted by atomic mass is 32.2. The molecule has 0 atom stereocenters. The maximum absolute atomic E-state index is 12.4. The zero-order valence-corrected chi connectivity index (χ0v) is 14.3. The first-order chi connectivity index (χ1) is 11.3. The Morgan fingerprint density at radius 3 is 2.33 bits per heavy atom. The molecule has 130 valence electrons. The van der Waals surface area contributed by atoms with Crippen LogP contribution in [-0.4, -0.2) is 56.2 Å². The lowest BCUT2D eigenvalue weighted by Gasteiger charge is -2.26. The molecule has 1 aliphatic heterocycles. The quantitative estimate of drug-likeness (QED) is 0.351. The van der Waals surface area contributed by atoms with Crippen molar-refractivity contribution in [1.29, 1.82) is 0 Å². The van der Waals surface area contributed by atoms with E-state index in [0.29, 0.717) is 32.0 Å². The molecule has 0 bridgehead atoms. The van der Waals surface area contributed by atoms with E-state index in [-0.39, 0.29) is 21.5 Å². The maximum Gasteiger partial charge on any atom is 0.277 e. The Balaban J connectivity index is 2.13. The molecule has 0 spiro atoms. The summed E-state index contributed by atoms with van der Waals surface area (Å²) in [6.45, 7) is 1.75. The summed E-state index contributed by atoms with van der Waals surface area (Å²) < 4.78 is 27.6. The second-order valence-corrected chi connectivity index (χ2v) is 6.91. The van der Waals surface area contributed by atoms with Gasteiger partial charge in [-0.05, 0) is 24.3 Å². The number of nitrogens with zero attached hydrogens (tertiary/aromatic N) is 2. The van der Waals surface area contributed by atoms with Crippen LogP contribution in [0.2, 0.25) is 0 Å². The number of amides is 1. The van der Waals surface area contributed by atoms with Crippen molar-refractivity contribution in [2.24, 2.45) is 16.0 Å². The molecule has 1 aromatic rings. The number of morpholine rings is 1. The number of thiocarbonyl (C=S) groups is 1. The molecular formula is C13H17N5O4S2. The summed E-state index contributed by atoms with van der Waals surface area (Å²) in [6.07, 6.45) is 0. The summed E-state index contributed by atoms with van der Waals surface area (Å²) in [4.78, 5) is 13.8. The fraction of sp³-hybridized carbons (Fsp3) is 0.308. The molecule has 1 amide bonds. The van der Waals surface area contributed by atoms with Crippen molar-refractivity contribution in [3.05, 3.63) is 24.3 Å². The molecule has 1 aliphatic rings. The monoisotopic (exact) mass is 371 g/mol. The van der Waals surface area contributed by atoms with Crippen LogP contribution in [0.25, 0.3) is 0 Å². The number of anilines is 1. The molecule has 0 aliphatic carbocycles. The van der Waals surface area contributed by atoms with E-state index in [9.17, 15) is 13.2 Å². The third-order valence-electron chi connectivity index (χ3n) is 3.21. The van der Waals surface area contributed by atoms with Crippen LogP contribution in [0.1, 0.15) is 0 Å². The fourth-order valence-electron chi connectivity index (χ4n) is 1.96. The maximum atomic E-state index is 12.4. The third-order valence-corrected chi connectivity index (χ3v) is 4.34. The van der Waals surface area contributed by atoms with Gasteiger partial charge in [-0.1, -0.05) is 12.2 Å². The number of nitrogens with two attached hydrogens (primary N) is 2. The van der Waals surface area contributed by atoms with Gasteiger partial charge in [0.05, 0.1) is 23.8 Å².